The predicted molar refractivity (Wildman–Crippen MR) is 43.2 cm³/mol. The van der Waals surface area contributed by atoms with Gasteiger partial charge < -0.3 is 4.90 Å². The van der Waals surface area contributed by atoms with E-state index < -0.39 is 15.1 Å². The van der Waals surface area contributed by atoms with E-state index >= 15 is 0 Å². The van der Waals surface area contributed by atoms with Crippen LogP contribution in [0.3, 0.4) is 0 Å². The lowest BCUT2D eigenvalue weighted by Gasteiger charge is -2.16. The van der Waals surface area contributed by atoms with E-state index in [4.69, 9.17) is 0 Å². The van der Waals surface area contributed by atoms with Crippen LogP contribution in [0.2, 0.25) is 0 Å². The van der Waals surface area contributed by atoms with Gasteiger partial charge in [0.1, 0.15) is 0 Å². The summed E-state index contributed by atoms with van der Waals surface area (Å²) in [5.41, 5.74) is 0. The topological polar surface area (TPSA) is 54.5 Å². The van der Waals surface area contributed by atoms with Crippen molar-refractivity contribution in [3.05, 3.63) is 0 Å². The third-order valence-electron chi connectivity index (χ3n) is 1.34. The van der Waals surface area contributed by atoms with Gasteiger partial charge in [0.2, 0.25) is 9.84 Å². The first-order chi connectivity index (χ1) is 4.93. The van der Waals surface area contributed by atoms with Crippen molar-refractivity contribution < 1.29 is 13.2 Å². The van der Waals surface area contributed by atoms with Gasteiger partial charge in [0.05, 0.1) is 0 Å². The highest BCUT2D eigenvalue weighted by Gasteiger charge is 2.20. The number of amides is 1. The van der Waals surface area contributed by atoms with Crippen molar-refractivity contribution in [2.24, 2.45) is 0 Å². The van der Waals surface area contributed by atoms with Crippen LogP contribution in [0.25, 0.3) is 0 Å². The fourth-order valence-corrected chi connectivity index (χ4v) is 1.44. The van der Waals surface area contributed by atoms with E-state index in [1.807, 2.05) is 0 Å². The third-order valence-corrected chi connectivity index (χ3v) is 2.23. The minimum Gasteiger partial charge on any atom is -0.330 e. The van der Waals surface area contributed by atoms with Gasteiger partial charge in [-0.3, -0.25) is 4.79 Å². The molecule has 0 saturated carbocycles. The summed E-state index contributed by atoms with van der Waals surface area (Å²) in [7, 11) is -3.54. The van der Waals surface area contributed by atoms with Crippen LogP contribution >= 0.6 is 0 Å². The van der Waals surface area contributed by atoms with Crippen LogP contribution in [0.1, 0.15) is 13.8 Å². The van der Waals surface area contributed by atoms with Crippen LogP contribution in [-0.4, -0.2) is 37.9 Å². The van der Waals surface area contributed by atoms with Gasteiger partial charge in [0, 0.05) is 19.3 Å². The summed E-state index contributed by atoms with van der Waals surface area (Å²) in [6.45, 7) is 4.35. The molecule has 0 saturated heterocycles. The van der Waals surface area contributed by atoms with Crippen molar-refractivity contribution in [1.29, 1.82) is 0 Å². The summed E-state index contributed by atoms with van der Waals surface area (Å²) in [4.78, 5) is 12.2. The van der Waals surface area contributed by atoms with Crippen LogP contribution < -0.4 is 0 Å². The Bertz CT molecular complexity index is 228. The Balaban J connectivity index is 4.48. The SMILES string of the molecule is CCN(CC)C(=O)S(C)(=O)=O. The van der Waals surface area contributed by atoms with Crippen molar-refractivity contribution in [2.75, 3.05) is 19.3 Å². The summed E-state index contributed by atoms with van der Waals surface area (Å²) in [5.74, 6) is 0. The number of sulfone groups is 1. The highest BCUT2D eigenvalue weighted by atomic mass is 32.2. The minimum absolute atomic E-state index is 0.433. The summed E-state index contributed by atoms with van der Waals surface area (Å²) in [6.07, 6.45) is 0.924. The molecule has 66 valence electrons. The van der Waals surface area contributed by atoms with Gasteiger partial charge in [-0.25, -0.2) is 8.42 Å². The molecule has 0 aromatic rings. The number of hydrogen-bond donors (Lipinski definition) is 0. The normalized spacial score (nSPS) is 11.2. The van der Waals surface area contributed by atoms with Crippen LogP contribution in [0.15, 0.2) is 0 Å². The molecule has 1 amide bonds. The number of nitrogens with zero attached hydrogens (tertiary/aromatic N) is 1. The molecule has 0 aromatic carbocycles. The smallest absolute Gasteiger partial charge is 0.330 e. The quantitative estimate of drug-likeness (QED) is 0.620. The monoisotopic (exact) mass is 179 g/mol. The summed E-state index contributed by atoms with van der Waals surface area (Å²) in [6, 6.07) is 0. The molecular weight excluding hydrogens is 166 g/mol. The Morgan fingerprint density at radius 1 is 1.27 bits per heavy atom. The molecule has 0 atom stereocenters. The van der Waals surface area contributed by atoms with Gasteiger partial charge >= 0.3 is 5.24 Å². The predicted octanol–water partition coefficient (Wildman–Crippen LogP) is 0.493. The average Bonchev–Trinajstić information content (AvgIpc) is 1.88. The van der Waals surface area contributed by atoms with E-state index in [1.165, 1.54) is 4.90 Å². The van der Waals surface area contributed by atoms with E-state index in [-0.39, 0.29) is 0 Å². The van der Waals surface area contributed by atoms with E-state index in [9.17, 15) is 13.2 Å². The molecule has 0 bridgehead atoms. The first-order valence-corrected chi connectivity index (χ1v) is 5.31. The Hall–Kier alpha value is -0.580. The number of carbonyl (C=O) groups excluding carboxylic acids is 1. The highest BCUT2D eigenvalue weighted by Crippen LogP contribution is 1.97. The van der Waals surface area contributed by atoms with Gasteiger partial charge in [-0.15, -0.1) is 0 Å². The van der Waals surface area contributed by atoms with Crippen molar-refractivity contribution in [2.45, 2.75) is 13.8 Å². The Morgan fingerprint density at radius 2 is 1.64 bits per heavy atom. The second-order valence-corrected chi connectivity index (χ2v) is 4.10. The molecule has 0 N–H and O–H groups in total. The number of hydrogen-bond acceptors (Lipinski definition) is 3. The van der Waals surface area contributed by atoms with E-state index in [0.717, 1.165) is 6.26 Å². The Labute approximate surface area is 67.1 Å². The van der Waals surface area contributed by atoms with Crippen molar-refractivity contribution >= 4 is 15.1 Å². The molecule has 0 aliphatic carbocycles. The second kappa shape index (κ2) is 3.71. The van der Waals surface area contributed by atoms with E-state index in [0.29, 0.717) is 13.1 Å². The zero-order chi connectivity index (χ0) is 9.07. The second-order valence-electron chi connectivity index (χ2n) is 2.21. The lowest BCUT2D eigenvalue weighted by atomic mass is 10.6. The first-order valence-electron chi connectivity index (χ1n) is 3.42. The largest absolute Gasteiger partial charge is 0.338 e. The summed E-state index contributed by atoms with van der Waals surface area (Å²) >= 11 is 0. The van der Waals surface area contributed by atoms with Crippen LogP contribution in [0, 0.1) is 0 Å². The minimum atomic E-state index is -3.54. The molecule has 11 heavy (non-hydrogen) atoms. The van der Waals surface area contributed by atoms with Crippen molar-refractivity contribution in [1.82, 2.24) is 4.90 Å². The summed E-state index contributed by atoms with van der Waals surface area (Å²) < 4.78 is 21.4. The Morgan fingerprint density at radius 3 is 1.73 bits per heavy atom. The molecule has 0 aromatic heterocycles. The fourth-order valence-electron chi connectivity index (χ4n) is 0.716. The highest BCUT2D eigenvalue weighted by molar-refractivity contribution is 8.05. The average molecular weight is 179 g/mol. The third kappa shape index (κ3) is 2.88. The molecule has 0 aliphatic heterocycles. The molecular formula is C6H13NO3S. The number of rotatable bonds is 2. The van der Waals surface area contributed by atoms with Crippen LogP contribution in [0.4, 0.5) is 4.79 Å². The first kappa shape index (κ1) is 10.4. The fraction of sp³-hybridized carbons (Fsp3) is 0.833. The standard InChI is InChI=1S/C6H13NO3S/c1-4-7(5-2)6(8)11(3,9)10/h4-5H2,1-3H3. The van der Waals surface area contributed by atoms with Gasteiger partial charge in [0.15, 0.2) is 0 Å². The zero-order valence-corrected chi connectivity index (χ0v) is 7.81. The maximum Gasteiger partial charge on any atom is 0.338 e. The van der Waals surface area contributed by atoms with Crippen molar-refractivity contribution in [3.8, 4) is 0 Å². The molecule has 0 aliphatic rings. The molecule has 0 rings (SSSR count). The van der Waals surface area contributed by atoms with E-state index in [1.54, 1.807) is 13.8 Å². The maximum atomic E-state index is 11.0. The Kier molecular flexibility index (Phi) is 3.51. The number of carbonyl (C=O) groups is 1. The summed E-state index contributed by atoms with van der Waals surface area (Å²) in [5, 5.41) is -0.789. The molecule has 0 radical (unpaired) electrons. The maximum absolute atomic E-state index is 11.0. The molecule has 0 unspecified atom stereocenters. The molecule has 0 heterocycles. The molecule has 5 heteroatoms. The van der Waals surface area contributed by atoms with Gasteiger partial charge in [-0.05, 0) is 13.8 Å². The molecule has 4 nitrogen and oxygen atoms in total. The lowest BCUT2D eigenvalue weighted by molar-refractivity contribution is 0.226. The van der Waals surface area contributed by atoms with Gasteiger partial charge in [-0.1, -0.05) is 0 Å². The van der Waals surface area contributed by atoms with Crippen LogP contribution in [0.5, 0.6) is 0 Å². The molecule has 0 fully saturated rings. The van der Waals surface area contributed by atoms with Gasteiger partial charge in [0.25, 0.3) is 0 Å². The van der Waals surface area contributed by atoms with Crippen LogP contribution in [-0.2, 0) is 9.84 Å². The lowest BCUT2D eigenvalue weighted by Crippen LogP contribution is -2.34. The zero-order valence-electron chi connectivity index (χ0n) is 6.99. The van der Waals surface area contributed by atoms with Crippen molar-refractivity contribution in [3.63, 3.8) is 0 Å². The van der Waals surface area contributed by atoms with Gasteiger partial charge in [-0.2, -0.15) is 0 Å². The van der Waals surface area contributed by atoms with E-state index in [2.05, 4.69) is 0 Å². The molecule has 0 spiro atoms.